The Labute approximate surface area is 133 Å². The smallest absolute Gasteiger partial charge is 0.223 e. The fraction of sp³-hybridized carbons (Fsp3) is 0.556. The molecule has 0 fully saturated rings. The van der Waals surface area contributed by atoms with Crippen molar-refractivity contribution in [2.75, 3.05) is 18.0 Å². The van der Waals surface area contributed by atoms with Crippen LogP contribution in [-0.4, -0.2) is 24.9 Å². The zero-order chi connectivity index (χ0) is 16.4. The summed E-state index contributed by atoms with van der Waals surface area (Å²) in [6, 6.07) is 7.94. The first-order chi connectivity index (χ1) is 10.6. The number of carbonyl (C=O) groups is 2. The molecule has 0 saturated heterocycles. The van der Waals surface area contributed by atoms with Gasteiger partial charge in [-0.3, -0.25) is 9.59 Å². The molecule has 122 valence electrons. The summed E-state index contributed by atoms with van der Waals surface area (Å²) in [5, 5.41) is 2.90. The first-order valence-electron chi connectivity index (χ1n) is 8.22. The zero-order valence-electron chi connectivity index (χ0n) is 14.0. The van der Waals surface area contributed by atoms with Crippen LogP contribution in [0.3, 0.4) is 0 Å². The second-order valence-corrected chi connectivity index (χ2v) is 5.50. The van der Waals surface area contributed by atoms with E-state index in [2.05, 4.69) is 19.2 Å². The van der Waals surface area contributed by atoms with E-state index in [0.29, 0.717) is 13.0 Å². The van der Waals surface area contributed by atoms with Crippen LogP contribution < -0.4 is 10.2 Å². The number of aryl methyl sites for hydroxylation is 1. The van der Waals surface area contributed by atoms with Crippen molar-refractivity contribution in [2.24, 2.45) is 0 Å². The van der Waals surface area contributed by atoms with Crippen LogP contribution in [0.2, 0.25) is 0 Å². The van der Waals surface area contributed by atoms with Crippen molar-refractivity contribution in [3.8, 4) is 0 Å². The Hall–Kier alpha value is -1.84. The molecule has 0 heterocycles. The lowest BCUT2D eigenvalue weighted by molar-refractivity contribution is -0.121. The Morgan fingerprint density at radius 2 is 1.77 bits per heavy atom. The Kier molecular flexibility index (Phi) is 8.26. The third-order valence-electron chi connectivity index (χ3n) is 3.70. The van der Waals surface area contributed by atoms with Gasteiger partial charge in [-0.2, -0.15) is 0 Å². The van der Waals surface area contributed by atoms with Crippen LogP contribution in [0.25, 0.3) is 0 Å². The van der Waals surface area contributed by atoms with Crippen molar-refractivity contribution in [1.82, 2.24) is 5.32 Å². The highest BCUT2D eigenvalue weighted by Gasteiger charge is 2.13. The standard InChI is InChI=1S/C18H28N2O2/c1-4-6-7-13-19-18(22)12-14-20(15(3)21)17-10-8-16(5-2)9-11-17/h8-11H,4-7,12-14H2,1-3H3,(H,19,22). The summed E-state index contributed by atoms with van der Waals surface area (Å²) >= 11 is 0. The number of nitrogens with zero attached hydrogens (tertiary/aromatic N) is 1. The number of nitrogens with one attached hydrogen (secondary N) is 1. The number of carbonyl (C=O) groups excluding carboxylic acids is 2. The molecule has 1 aromatic rings. The molecule has 0 saturated carbocycles. The van der Waals surface area contributed by atoms with Gasteiger partial charge in [-0.25, -0.2) is 0 Å². The fourth-order valence-corrected chi connectivity index (χ4v) is 2.28. The monoisotopic (exact) mass is 304 g/mol. The van der Waals surface area contributed by atoms with Gasteiger partial charge in [-0.1, -0.05) is 38.8 Å². The van der Waals surface area contributed by atoms with Crippen molar-refractivity contribution < 1.29 is 9.59 Å². The lowest BCUT2D eigenvalue weighted by Gasteiger charge is -2.21. The minimum atomic E-state index is -0.0389. The van der Waals surface area contributed by atoms with E-state index in [9.17, 15) is 9.59 Å². The molecule has 0 bridgehead atoms. The third kappa shape index (κ3) is 6.29. The number of hydrogen-bond donors (Lipinski definition) is 1. The maximum absolute atomic E-state index is 11.8. The Morgan fingerprint density at radius 1 is 1.09 bits per heavy atom. The molecule has 1 aromatic carbocycles. The van der Waals surface area contributed by atoms with E-state index >= 15 is 0 Å². The summed E-state index contributed by atoms with van der Waals surface area (Å²) in [4.78, 5) is 25.3. The zero-order valence-corrected chi connectivity index (χ0v) is 14.0. The van der Waals surface area contributed by atoms with E-state index in [1.807, 2.05) is 24.3 Å². The van der Waals surface area contributed by atoms with Gasteiger partial charge in [0.2, 0.25) is 11.8 Å². The lowest BCUT2D eigenvalue weighted by atomic mass is 10.1. The molecule has 0 atom stereocenters. The second-order valence-electron chi connectivity index (χ2n) is 5.50. The molecule has 0 aliphatic heterocycles. The number of amides is 2. The summed E-state index contributed by atoms with van der Waals surface area (Å²) in [6.07, 6.45) is 4.59. The Balaban J connectivity index is 2.50. The minimum absolute atomic E-state index is 0.00697. The van der Waals surface area contributed by atoms with Crippen LogP contribution in [0.1, 0.15) is 52.0 Å². The summed E-state index contributed by atoms with van der Waals surface area (Å²) < 4.78 is 0. The van der Waals surface area contributed by atoms with Crippen molar-refractivity contribution in [3.05, 3.63) is 29.8 Å². The summed E-state index contributed by atoms with van der Waals surface area (Å²) in [5.41, 5.74) is 2.09. The maximum Gasteiger partial charge on any atom is 0.223 e. The van der Waals surface area contributed by atoms with Gasteiger partial charge in [-0.05, 0) is 30.5 Å². The predicted molar refractivity (Wildman–Crippen MR) is 91.0 cm³/mol. The van der Waals surface area contributed by atoms with Crippen LogP contribution in [0.15, 0.2) is 24.3 Å². The first-order valence-corrected chi connectivity index (χ1v) is 8.22. The number of unbranched alkanes of at least 4 members (excludes halogenated alkanes) is 2. The molecule has 4 nitrogen and oxygen atoms in total. The van der Waals surface area contributed by atoms with Crippen LogP contribution in [0.4, 0.5) is 5.69 Å². The third-order valence-corrected chi connectivity index (χ3v) is 3.70. The van der Waals surface area contributed by atoms with E-state index in [-0.39, 0.29) is 11.8 Å². The fourth-order valence-electron chi connectivity index (χ4n) is 2.28. The van der Waals surface area contributed by atoms with Gasteiger partial charge < -0.3 is 10.2 Å². The molecule has 0 aliphatic carbocycles. The summed E-state index contributed by atoms with van der Waals surface area (Å²) in [5.74, 6) is -0.0319. The SMILES string of the molecule is CCCCCNC(=O)CCN(C(C)=O)c1ccc(CC)cc1. The second kappa shape index (κ2) is 9.98. The molecule has 1 rings (SSSR count). The van der Waals surface area contributed by atoms with Gasteiger partial charge in [0.15, 0.2) is 0 Å². The van der Waals surface area contributed by atoms with Crippen LogP contribution >= 0.6 is 0 Å². The van der Waals surface area contributed by atoms with Gasteiger partial charge in [0.25, 0.3) is 0 Å². The minimum Gasteiger partial charge on any atom is -0.356 e. The number of anilines is 1. The quantitative estimate of drug-likeness (QED) is 0.712. The molecular weight excluding hydrogens is 276 g/mol. The molecule has 2 amide bonds. The highest BCUT2D eigenvalue weighted by atomic mass is 16.2. The normalized spacial score (nSPS) is 10.3. The number of benzene rings is 1. The largest absolute Gasteiger partial charge is 0.356 e. The highest BCUT2D eigenvalue weighted by Crippen LogP contribution is 2.16. The summed E-state index contributed by atoms with van der Waals surface area (Å²) in [7, 11) is 0. The maximum atomic E-state index is 11.8. The van der Waals surface area contributed by atoms with Gasteiger partial charge in [0, 0.05) is 32.1 Å². The van der Waals surface area contributed by atoms with Gasteiger partial charge in [-0.15, -0.1) is 0 Å². The molecule has 0 radical (unpaired) electrons. The Morgan fingerprint density at radius 3 is 2.32 bits per heavy atom. The van der Waals surface area contributed by atoms with Crippen LogP contribution in [-0.2, 0) is 16.0 Å². The molecule has 1 N–H and O–H groups in total. The van der Waals surface area contributed by atoms with E-state index in [0.717, 1.165) is 37.9 Å². The molecule has 0 aromatic heterocycles. The van der Waals surface area contributed by atoms with E-state index < -0.39 is 0 Å². The average molecular weight is 304 g/mol. The topological polar surface area (TPSA) is 49.4 Å². The average Bonchev–Trinajstić information content (AvgIpc) is 2.52. The van der Waals surface area contributed by atoms with Gasteiger partial charge in [0.05, 0.1) is 0 Å². The summed E-state index contributed by atoms with van der Waals surface area (Å²) in [6.45, 7) is 6.91. The predicted octanol–water partition coefficient (Wildman–Crippen LogP) is 3.30. The van der Waals surface area contributed by atoms with Crippen molar-refractivity contribution in [2.45, 2.75) is 52.9 Å². The molecular formula is C18H28N2O2. The molecule has 0 aliphatic rings. The molecule has 4 heteroatoms. The number of hydrogen-bond acceptors (Lipinski definition) is 2. The van der Waals surface area contributed by atoms with Gasteiger partial charge >= 0.3 is 0 Å². The van der Waals surface area contributed by atoms with Crippen molar-refractivity contribution >= 4 is 17.5 Å². The van der Waals surface area contributed by atoms with E-state index in [4.69, 9.17) is 0 Å². The molecule has 0 unspecified atom stereocenters. The molecule has 22 heavy (non-hydrogen) atoms. The highest BCUT2D eigenvalue weighted by molar-refractivity contribution is 5.92. The number of rotatable bonds is 9. The lowest BCUT2D eigenvalue weighted by Crippen LogP contribution is -2.34. The molecule has 0 spiro atoms. The van der Waals surface area contributed by atoms with E-state index in [1.54, 1.807) is 4.90 Å². The van der Waals surface area contributed by atoms with E-state index in [1.165, 1.54) is 12.5 Å². The Bertz CT molecular complexity index is 468. The van der Waals surface area contributed by atoms with Gasteiger partial charge in [0.1, 0.15) is 0 Å². The van der Waals surface area contributed by atoms with Crippen LogP contribution in [0.5, 0.6) is 0 Å². The van der Waals surface area contributed by atoms with Crippen molar-refractivity contribution in [1.29, 1.82) is 0 Å². The van der Waals surface area contributed by atoms with Crippen LogP contribution in [0, 0.1) is 0 Å². The first kappa shape index (κ1) is 18.2. The van der Waals surface area contributed by atoms with Crippen molar-refractivity contribution in [3.63, 3.8) is 0 Å².